The summed E-state index contributed by atoms with van der Waals surface area (Å²) in [5, 5.41) is 3.34. The third-order valence-corrected chi connectivity index (χ3v) is 3.56. The molecule has 5 heteroatoms. The SMILES string of the molecule is Cc1ccc(N)c(C(=O)Nc2cc(Cl)ccc2Br)c1. The molecule has 0 fully saturated rings. The minimum Gasteiger partial charge on any atom is -0.398 e. The molecule has 0 radical (unpaired) electrons. The number of anilines is 2. The third kappa shape index (κ3) is 3.28. The summed E-state index contributed by atoms with van der Waals surface area (Å²) in [4.78, 5) is 12.2. The van der Waals surface area contributed by atoms with Crippen LogP contribution in [0, 0.1) is 6.92 Å². The highest BCUT2D eigenvalue weighted by molar-refractivity contribution is 9.10. The van der Waals surface area contributed by atoms with Crippen molar-refractivity contribution < 1.29 is 4.79 Å². The van der Waals surface area contributed by atoms with E-state index in [9.17, 15) is 4.79 Å². The highest BCUT2D eigenvalue weighted by atomic mass is 79.9. The fourth-order valence-electron chi connectivity index (χ4n) is 1.65. The predicted octanol–water partition coefficient (Wildman–Crippen LogP) is 4.25. The largest absolute Gasteiger partial charge is 0.398 e. The number of hydrogen-bond donors (Lipinski definition) is 2. The van der Waals surface area contributed by atoms with E-state index in [2.05, 4.69) is 21.2 Å². The van der Waals surface area contributed by atoms with Crippen molar-refractivity contribution in [3.05, 3.63) is 57.0 Å². The number of halogens is 2. The van der Waals surface area contributed by atoms with Crippen LogP contribution in [0.4, 0.5) is 11.4 Å². The van der Waals surface area contributed by atoms with E-state index in [1.807, 2.05) is 13.0 Å². The molecule has 0 bridgehead atoms. The summed E-state index contributed by atoms with van der Waals surface area (Å²) in [7, 11) is 0. The zero-order valence-corrected chi connectivity index (χ0v) is 12.5. The Morgan fingerprint density at radius 2 is 2.00 bits per heavy atom. The molecule has 0 aromatic heterocycles. The van der Waals surface area contributed by atoms with E-state index < -0.39 is 0 Å². The van der Waals surface area contributed by atoms with E-state index in [0.717, 1.165) is 10.0 Å². The molecule has 19 heavy (non-hydrogen) atoms. The Labute approximate surface area is 124 Å². The molecule has 2 aromatic rings. The maximum atomic E-state index is 12.2. The van der Waals surface area contributed by atoms with Crippen LogP contribution in [0.25, 0.3) is 0 Å². The van der Waals surface area contributed by atoms with Crippen molar-refractivity contribution in [2.75, 3.05) is 11.1 Å². The molecule has 2 aromatic carbocycles. The number of benzene rings is 2. The lowest BCUT2D eigenvalue weighted by Gasteiger charge is -2.10. The molecular weight excluding hydrogens is 328 g/mol. The number of nitrogens with one attached hydrogen (secondary N) is 1. The first-order chi connectivity index (χ1) is 8.97. The highest BCUT2D eigenvalue weighted by Crippen LogP contribution is 2.27. The van der Waals surface area contributed by atoms with Gasteiger partial charge in [-0.25, -0.2) is 0 Å². The van der Waals surface area contributed by atoms with Crippen LogP contribution in [0.3, 0.4) is 0 Å². The Morgan fingerprint density at radius 3 is 2.74 bits per heavy atom. The van der Waals surface area contributed by atoms with Gasteiger partial charge >= 0.3 is 0 Å². The van der Waals surface area contributed by atoms with E-state index in [1.54, 1.807) is 30.3 Å². The molecule has 0 aliphatic heterocycles. The van der Waals surface area contributed by atoms with Crippen molar-refractivity contribution in [1.29, 1.82) is 0 Å². The lowest BCUT2D eigenvalue weighted by Crippen LogP contribution is -2.14. The molecule has 0 heterocycles. The Balaban J connectivity index is 2.30. The van der Waals surface area contributed by atoms with Gasteiger partial charge in [-0.15, -0.1) is 0 Å². The first-order valence-electron chi connectivity index (χ1n) is 5.60. The monoisotopic (exact) mass is 338 g/mol. The molecule has 1 amide bonds. The van der Waals surface area contributed by atoms with Crippen LogP contribution in [-0.4, -0.2) is 5.91 Å². The summed E-state index contributed by atoms with van der Waals surface area (Å²) >= 11 is 9.27. The molecule has 0 spiro atoms. The number of nitrogen functional groups attached to an aromatic ring is 1. The molecule has 0 saturated carbocycles. The summed E-state index contributed by atoms with van der Waals surface area (Å²) in [6, 6.07) is 10.5. The Morgan fingerprint density at radius 1 is 1.26 bits per heavy atom. The Hall–Kier alpha value is -1.52. The molecule has 0 atom stereocenters. The number of aryl methyl sites for hydroxylation is 1. The second-order valence-electron chi connectivity index (χ2n) is 4.17. The maximum absolute atomic E-state index is 12.2. The standard InChI is InChI=1S/C14H12BrClN2O/c1-8-2-5-12(17)10(6-8)14(19)18-13-7-9(16)3-4-11(13)15/h2-7H,17H2,1H3,(H,18,19). The minimum atomic E-state index is -0.260. The van der Waals surface area contributed by atoms with Gasteiger partial charge in [0, 0.05) is 15.2 Å². The maximum Gasteiger partial charge on any atom is 0.257 e. The first kappa shape index (κ1) is 13.9. The Bertz CT molecular complexity index is 643. The summed E-state index contributed by atoms with van der Waals surface area (Å²) in [6.45, 7) is 1.91. The van der Waals surface area contributed by atoms with E-state index in [1.165, 1.54) is 0 Å². The van der Waals surface area contributed by atoms with Crippen molar-refractivity contribution in [2.45, 2.75) is 6.92 Å². The summed E-state index contributed by atoms with van der Waals surface area (Å²) in [5.74, 6) is -0.260. The van der Waals surface area contributed by atoms with Crippen molar-refractivity contribution in [1.82, 2.24) is 0 Å². The van der Waals surface area contributed by atoms with E-state index in [-0.39, 0.29) is 5.91 Å². The van der Waals surface area contributed by atoms with Crippen LogP contribution in [0.2, 0.25) is 5.02 Å². The van der Waals surface area contributed by atoms with E-state index in [0.29, 0.717) is 22.0 Å². The van der Waals surface area contributed by atoms with Crippen LogP contribution in [0.1, 0.15) is 15.9 Å². The molecule has 0 unspecified atom stereocenters. The molecule has 2 rings (SSSR count). The second-order valence-corrected chi connectivity index (χ2v) is 5.46. The fraction of sp³-hybridized carbons (Fsp3) is 0.0714. The Kier molecular flexibility index (Phi) is 4.12. The van der Waals surface area contributed by atoms with E-state index in [4.69, 9.17) is 17.3 Å². The van der Waals surface area contributed by atoms with Crippen molar-refractivity contribution >= 4 is 44.8 Å². The van der Waals surface area contributed by atoms with Gasteiger partial charge in [-0.05, 0) is 53.2 Å². The summed E-state index contributed by atoms with van der Waals surface area (Å²) < 4.78 is 0.761. The van der Waals surface area contributed by atoms with Crippen LogP contribution in [-0.2, 0) is 0 Å². The number of amides is 1. The molecule has 0 saturated heterocycles. The van der Waals surface area contributed by atoms with Gasteiger partial charge in [-0.1, -0.05) is 23.2 Å². The van der Waals surface area contributed by atoms with Gasteiger partial charge in [0.1, 0.15) is 0 Å². The molecule has 3 nitrogen and oxygen atoms in total. The molecule has 0 aliphatic rings. The molecule has 0 aliphatic carbocycles. The number of hydrogen-bond acceptors (Lipinski definition) is 2. The van der Waals surface area contributed by atoms with Crippen LogP contribution in [0.5, 0.6) is 0 Å². The third-order valence-electron chi connectivity index (χ3n) is 2.63. The zero-order chi connectivity index (χ0) is 14.0. The average Bonchev–Trinajstić information content (AvgIpc) is 2.36. The smallest absolute Gasteiger partial charge is 0.257 e. The molecular formula is C14H12BrClN2O. The first-order valence-corrected chi connectivity index (χ1v) is 6.77. The fourth-order valence-corrected chi connectivity index (χ4v) is 2.17. The van der Waals surface area contributed by atoms with Crippen LogP contribution < -0.4 is 11.1 Å². The lowest BCUT2D eigenvalue weighted by molar-refractivity contribution is 0.102. The van der Waals surface area contributed by atoms with Crippen molar-refractivity contribution in [3.63, 3.8) is 0 Å². The van der Waals surface area contributed by atoms with Crippen LogP contribution in [0.15, 0.2) is 40.9 Å². The van der Waals surface area contributed by atoms with E-state index >= 15 is 0 Å². The van der Waals surface area contributed by atoms with Crippen molar-refractivity contribution in [2.24, 2.45) is 0 Å². The quantitative estimate of drug-likeness (QED) is 0.804. The second kappa shape index (κ2) is 5.63. The molecule has 98 valence electrons. The zero-order valence-electron chi connectivity index (χ0n) is 10.2. The summed E-state index contributed by atoms with van der Waals surface area (Å²) in [6.07, 6.45) is 0. The number of rotatable bonds is 2. The van der Waals surface area contributed by atoms with Gasteiger partial charge in [0.05, 0.1) is 11.3 Å². The van der Waals surface area contributed by atoms with Crippen molar-refractivity contribution in [3.8, 4) is 0 Å². The minimum absolute atomic E-state index is 0.260. The van der Waals surface area contributed by atoms with Gasteiger partial charge in [0.25, 0.3) is 5.91 Å². The summed E-state index contributed by atoms with van der Waals surface area (Å²) in [5.41, 5.74) is 8.30. The number of carbonyl (C=O) groups is 1. The van der Waals surface area contributed by atoms with Gasteiger partial charge < -0.3 is 11.1 Å². The van der Waals surface area contributed by atoms with Gasteiger partial charge in [-0.2, -0.15) is 0 Å². The van der Waals surface area contributed by atoms with Gasteiger partial charge in [0.2, 0.25) is 0 Å². The van der Waals surface area contributed by atoms with Crippen LogP contribution >= 0.6 is 27.5 Å². The molecule has 3 N–H and O–H groups in total. The average molecular weight is 340 g/mol. The van der Waals surface area contributed by atoms with Gasteiger partial charge in [-0.3, -0.25) is 4.79 Å². The normalized spacial score (nSPS) is 10.3. The predicted molar refractivity (Wildman–Crippen MR) is 82.7 cm³/mol. The lowest BCUT2D eigenvalue weighted by atomic mass is 10.1. The highest BCUT2D eigenvalue weighted by Gasteiger charge is 2.12. The number of nitrogens with two attached hydrogens (primary N) is 1. The number of carbonyl (C=O) groups excluding carboxylic acids is 1. The topological polar surface area (TPSA) is 55.1 Å². The van der Waals surface area contributed by atoms with Gasteiger partial charge in [0.15, 0.2) is 0 Å².